The molecule has 2 aromatic carbocycles. The molecule has 0 saturated heterocycles. The molecule has 9 heteroatoms. The van der Waals surface area contributed by atoms with Crippen LogP contribution < -0.4 is 10.5 Å². The molecule has 0 bridgehead atoms. The van der Waals surface area contributed by atoms with E-state index in [1.807, 2.05) is 32.0 Å². The van der Waals surface area contributed by atoms with Crippen molar-refractivity contribution >= 4 is 31.0 Å². The summed E-state index contributed by atoms with van der Waals surface area (Å²) in [6, 6.07) is 10.8. The molecule has 0 saturated carbocycles. The maximum absolute atomic E-state index is 11.3. The Balaban J connectivity index is 2.08. The number of benzene rings is 2. The molecule has 0 aromatic heterocycles. The zero-order chi connectivity index (χ0) is 23.1. The minimum atomic E-state index is -4.08. The van der Waals surface area contributed by atoms with Crippen LogP contribution in [-0.4, -0.2) is 33.2 Å². The van der Waals surface area contributed by atoms with Gasteiger partial charge in [0, 0.05) is 15.5 Å². The zero-order valence-electron chi connectivity index (χ0n) is 17.9. The molecule has 172 valence electrons. The standard InChI is InChI=1S/C22H31ClNO5PS/c1-3-10-22(24,12-13-30(26,27)28)11-9-16-5-7-18(15-19(16)23)31-21-14-17(29-4-2)6-8-20(21)25/h5-8,14-15,25H,3-4,9-13,24H2,1-2H3,(H2,26,27,28)/t22-/m0/s1. The van der Waals surface area contributed by atoms with Crippen LogP contribution in [0.3, 0.4) is 0 Å². The minimum absolute atomic E-state index is 0.172. The highest BCUT2D eigenvalue weighted by molar-refractivity contribution is 7.99. The second kappa shape index (κ2) is 11.6. The number of phenols is 1. The van der Waals surface area contributed by atoms with Crippen LogP contribution in [0.2, 0.25) is 5.02 Å². The van der Waals surface area contributed by atoms with Gasteiger partial charge in [-0.25, -0.2) is 0 Å². The van der Waals surface area contributed by atoms with Crippen LogP contribution in [0.1, 0.15) is 45.1 Å². The number of nitrogens with two attached hydrogens (primary N) is 1. The van der Waals surface area contributed by atoms with E-state index in [4.69, 9.17) is 22.1 Å². The van der Waals surface area contributed by atoms with Crippen molar-refractivity contribution in [1.82, 2.24) is 0 Å². The van der Waals surface area contributed by atoms with Gasteiger partial charge in [-0.15, -0.1) is 0 Å². The first-order valence-corrected chi connectivity index (χ1v) is 13.3. The Kier molecular flexibility index (Phi) is 9.74. The highest BCUT2D eigenvalue weighted by Crippen LogP contribution is 2.40. The zero-order valence-corrected chi connectivity index (χ0v) is 20.3. The third kappa shape index (κ3) is 8.68. The SMILES string of the molecule is CCC[C@](N)(CCc1ccc(Sc2cc(OCC)ccc2O)cc1Cl)CCP(=O)(O)O. The van der Waals surface area contributed by atoms with Crippen molar-refractivity contribution in [1.29, 1.82) is 0 Å². The molecule has 0 aliphatic carbocycles. The van der Waals surface area contributed by atoms with E-state index in [-0.39, 0.29) is 18.3 Å². The molecular weight excluding hydrogens is 457 g/mol. The van der Waals surface area contributed by atoms with Gasteiger partial charge in [-0.05, 0) is 68.5 Å². The van der Waals surface area contributed by atoms with Gasteiger partial charge in [0.15, 0.2) is 0 Å². The maximum Gasteiger partial charge on any atom is 0.325 e. The molecule has 1 atom stereocenters. The number of ether oxygens (including phenoxy) is 1. The van der Waals surface area contributed by atoms with Crippen LogP contribution in [0.25, 0.3) is 0 Å². The lowest BCUT2D eigenvalue weighted by Gasteiger charge is -2.30. The van der Waals surface area contributed by atoms with Crippen molar-refractivity contribution in [3.05, 3.63) is 47.0 Å². The van der Waals surface area contributed by atoms with E-state index < -0.39 is 13.1 Å². The molecule has 0 fully saturated rings. The minimum Gasteiger partial charge on any atom is -0.507 e. The van der Waals surface area contributed by atoms with E-state index in [0.29, 0.717) is 41.5 Å². The van der Waals surface area contributed by atoms with E-state index in [1.165, 1.54) is 11.8 Å². The number of hydrogen-bond acceptors (Lipinski definition) is 5. The van der Waals surface area contributed by atoms with Crippen LogP contribution in [0.5, 0.6) is 11.5 Å². The fraction of sp³-hybridized carbons (Fsp3) is 0.455. The van der Waals surface area contributed by atoms with Crippen LogP contribution in [0.15, 0.2) is 46.2 Å². The topological polar surface area (TPSA) is 113 Å². The Hall–Kier alpha value is -1.21. The summed E-state index contributed by atoms with van der Waals surface area (Å²) in [6.45, 7) is 4.46. The normalized spacial score (nSPS) is 13.7. The van der Waals surface area contributed by atoms with E-state index in [1.54, 1.807) is 18.2 Å². The van der Waals surface area contributed by atoms with Gasteiger partial charge in [-0.3, -0.25) is 4.57 Å². The molecule has 0 radical (unpaired) electrons. The summed E-state index contributed by atoms with van der Waals surface area (Å²) in [6.07, 6.45) is 2.79. The molecule has 5 N–H and O–H groups in total. The van der Waals surface area contributed by atoms with Crippen molar-refractivity contribution < 1.29 is 24.2 Å². The number of hydrogen-bond donors (Lipinski definition) is 4. The van der Waals surface area contributed by atoms with Crippen molar-refractivity contribution in [2.75, 3.05) is 12.8 Å². The van der Waals surface area contributed by atoms with E-state index in [9.17, 15) is 19.5 Å². The fourth-order valence-electron chi connectivity index (χ4n) is 3.38. The largest absolute Gasteiger partial charge is 0.507 e. The molecule has 0 aliphatic rings. The van der Waals surface area contributed by atoms with Crippen LogP contribution in [0, 0.1) is 0 Å². The lowest BCUT2D eigenvalue weighted by Crippen LogP contribution is -2.41. The summed E-state index contributed by atoms with van der Waals surface area (Å²) in [5.41, 5.74) is 6.76. The summed E-state index contributed by atoms with van der Waals surface area (Å²) in [7, 11) is -4.08. The lowest BCUT2D eigenvalue weighted by molar-refractivity contribution is 0.326. The summed E-state index contributed by atoms with van der Waals surface area (Å²) >= 11 is 7.90. The van der Waals surface area contributed by atoms with Gasteiger partial charge in [-0.2, -0.15) is 0 Å². The van der Waals surface area contributed by atoms with Crippen molar-refractivity contribution in [3.8, 4) is 11.5 Å². The Morgan fingerprint density at radius 2 is 1.87 bits per heavy atom. The Labute approximate surface area is 193 Å². The molecule has 2 rings (SSSR count). The average Bonchev–Trinajstić information content (AvgIpc) is 2.68. The Bertz CT molecular complexity index is 923. The highest BCUT2D eigenvalue weighted by Gasteiger charge is 2.27. The maximum atomic E-state index is 11.3. The number of halogens is 1. The third-order valence-corrected chi connectivity index (χ3v) is 7.23. The third-order valence-electron chi connectivity index (χ3n) is 5.04. The van der Waals surface area contributed by atoms with Gasteiger partial charge in [0.1, 0.15) is 11.5 Å². The second-order valence-electron chi connectivity index (χ2n) is 7.67. The smallest absolute Gasteiger partial charge is 0.325 e. The Morgan fingerprint density at radius 3 is 2.48 bits per heavy atom. The quantitative estimate of drug-likeness (QED) is 0.288. The lowest BCUT2D eigenvalue weighted by atomic mass is 9.85. The van der Waals surface area contributed by atoms with E-state index in [2.05, 4.69) is 0 Å². The first kappa shape index (κ1) is 26.0. The van der Waals surface area contributed by atoms with Gasteiger partial charge in [0.25, 0.3) is 0 Å². The molecule has 0 unspecified atom stereocenters. The van der Waals surface area contributed by atoms with Gasteiger partial charge in [0.05, 0.1) is 17.7 Å². The van der Waals surface area contributed by atoms with Gasteiger partial charge < -0.3 is 25.4 Å². The summed E-state index contributed by atoms with van der Waals surface area (Å²) < 4.78 is 16.8. The van der Waals surface area contributed by atoms with Crippen molar-refractivity contribution in [3.63, 3.8) is 0 Å². The molecule has 31 heavy (non-hydrogen) atoms. The van der Waals surface area contributed by atoms with Crippen LogP contribution in [-0.2, 0) is 11.0 Å². The second-order valence-corrected chi connectivity index (χ2v) is 11.0. The highest BCUT2D eigenvalue weighted by atomic mass is 35.5. The van der Waals surface area contributed by atoms with Crippen LogP contribution >= 0.6 is 31.0 Å². The number of aromatic hydroxyl groups is 1. The molecule has 6 nitrogen and oxygen atoms in total. The molecular formula is C22H31ClNO5PS. The van der Waals surface area contributed by atoms with E-state index in [0.717, 1.165) is 16.9 Å². The molecule has 0 spiro atoms. The van der Waals surface area contributed by atoms with E-state index >= 15 is 0 Å². The van der Waals surface area contributed by atoms with Crippen molar-refractivity contribution in [2.24, 2.45) is 5.73 Å². The van der Waals surface area contributed by atoms with Crippen molar-refractivity contribution in [2.45, 2.75) is 61.3 Å². The molecule has 0 amide bonds. The first-order valence-electron chi connectivity index (χ1n) is 10.3. The summed E-state index contributed by atoms with van der Waals surface area (Å²) in [5.74, 6) is 0.863. The monoisotopic (exact) mass is 487 g/mol. The summed E-state index contributed by atoms with van der Waals surface area (Å²) in [4.78, 5) is 20.0. The molecule has 0 aliphatic heterocycles. The average molecular weight is 488 g/mol. The Morgan fingerprint density at radius 1 is 1.13 bits per heavy atom. The fourth-order valence-corrected chi connectivity index (χ4v) is 5.37. The number of phenolic OH excluding ortho intramolecular Hbond substituents is 1. The first-order chi connectivity index (χ1) is 14.5. The predicted molar refractivity (Wildman–Crippen MR) is 127 cm³/mol. The van der Waals surface area contributed by atoms with Gasteiger partial charge >= 0.3 is 7.60 Å². The number of aryl methyl sites for hydroxylation is 1. The van der Waals surface area contributed by atoms with Crippen LogP contribution in [0.4, 0.5) is 0 Å². The molecule has 2 aromatic rings. The predicted octanol–water partition coefficient (Wildman–Crippen LogP) is 5.59. The molecule has 0 heterocycles. The van der Waals surface area contributed by atoms with Gasteiger partial charge in [0.2, 0.25) is 0 Å². The van der Waals surface area contributed by atoms with Gasteiger partial charge in [-0.1, -0.05) is 42.8 Å². The summed E-state index contributed by atoms with van der Waals surface area (Å²) in [5, 5.41) is 10.7. The number of rotatable bonds is 12.